The second-order valence-corrected chi connectivity index (χ2v) is 8.11. The van der Waals surface area contributed by atoms with Crippen LogP contribution in [0.5, 0.6) is 0 Å². The molecule has 0 radical (unpaired) electrons. The number of carbonyl (C=O) groups is 3. The van der Waals surface area contributed by atoms with Crippen LogP contribution in [0.3, 0.4) is 0 Å². The summed E-state index contributed by atoms with van der Waals surface area (Å²) < 4.78 is 5.59. The highest BCUT2D eigenvalue weighted by Crippen LogP contribution is 2.50. The molecular weight excluding hydrogens is 318 g/mol. The van der Waals surface area contributed by atoms with Crippen molar-refractivity contribution in [3.05, 3.63) is 35.9 Å². The molecule has 1 saturated carbocycles. The van der Waals surface area contributed by atoms with Crippen LogP contribution in [0.25, 0.3) is 0 Å². The lowest BCUT2D eigenvalue weighted by molar-refractivity contribution is -0.169. The first-order valence-corrected chi connectivity index (χ1v) is 8.77. The van der Waals surface area contributed by atoms with E-state index in [-0.39, 0.29) is 30.7 Å². The number of ketones is 1. The number of hydrogen-bond donors (Lipinski definition) is 0. The van der Waals surface area contributed by atoms with Crippen LogP contribution in [-0.4, -0.2) is 34.7 Å². The number of Topliss-reactive ketones (excluding diaryl/α,β-unsaturated/α-hetero) is 1. The molecule has 1 aliphatic carbocycles. The second-order valence-electron chi connectivity index (χ2n) is 8.11. The van der Waals surface area contributed by atoms with E-state index in [1.165, 1.54) is 0 Å². The summed E-state index contributed by atoms with van der Waals surface area (Å²) in [6.07, 6.45) is 0.651. The number of fused-ring (bicyclic) bond motifs is 1. The molecule has 5 heteroatoms. The maximum atomic E-state index is 13.0. The number of hydrogen-bond acceptors (Lipinski definition) is 4. The molecule has 1 unspecified atom stereocenters. The van der Waals surface area contributed by atoms with E-state index in [9.17, 15) is 14.4 Å². The van der Waals surface area contributed by atoms with Crippen molar-refractivity contribution in [1.29, 1.82) is 0 Å². The lowest BCUT2D eigenvalue weighted by Gasteiger charge is -2.31. The van der Waals surface area contributed by atoms with Crippen LogP contribution in [0.4, 0.5) is 0 Å². The smallest absolute Gasteiger partial charge is 0.315 e. The Balaban J connectivity index is 1.93. The molecule has 5 nitrogen and oxygen atoms in total. The number of rotatable bonds is 3. The summed E-state index contributed by atoms with van der Waals surface area (Å²) in [6.45, 7) is 7.58. The highest BCUT2D eigenvalue weighted by molar-refractivity contribution is 6.10. The summed E-state index contributed by atoms with van der Waals surface area (Å²) in [7, 11) is 0. The molecule has 1 heterocycles. The molecule has 25 heavy (non-hydrogen) atoms. The quantitative estimate of drug-likeness (QED) is 0.625. The van der Waals surface area contributed by atoms with Gasteiger partial charge in [-0.05, 0) is 39.7 Å². The van der Waals surface area contributed by atoms with Crippen molar-refractivity contribution in [2.45, 2.75) is 52.2 Å². The Kier molecular flexibility index (Phi) is 4.21. The number of esters is 1. The van der Waals surface area contributed by atoms with Gasteiger partial charge in [0.05, 0.1) is 6.04 Å². The van der Waals surface area contributed by atoms with Gasteiger partial charge in [-0.1, -0.05) is 30.3 Å². The Bertz CT molecular complexity index is 706. The monoisotopic (exact) mass is 343 g/mol. The highest BCUT2D eigenvalue weighted by Gasteiger charge is 2.65. The van der Waals surface area contributed by atoms with Gasteiger partial charge in [0.1, 0.15) is 22.7 Å². The fourth-order valence-corrected chi connectivity index (χ4v) is 3.94. The predicted molar refractivity (Wildman–Crippen MR) is 92.6 cm³/mol. The molecule has 0 bridgehead atoms. The number of nitrogens with zero attached hydrogens (tertiary/aromatic N) is 1. The zero-order valence-corrected chi connectivity index (χ0v) is 15.2. The number of likely N-dealkylation sites (tertiary alicyclic amines) is 1. The Hall–Kier alpha value is -2.17. The molecule has 1 aromatic rings. The minimum atomic E-state index is -1.04. The van der Waals surface area contributed by atoms with Gasteiger partial charge in [-0.3, -0.25) is 14.4 Å². The summed E-state index contributed by atoms with van der Waals surface area (Å²) in [5, 5.41) is 0. The van der Waals surface area contributed by atoms with E-state index in [2.05, 4.69) is 0 Å². The molecule has 3 rings (SSSR count). The molecule has 1 aliphatic heterocycles. The van der Waals surface area contributed by atoms with Crippen molar-refractivity contribution >= 4 is 17.7 Å². The van der Waals surface area contributed by atoms with E-state index in [0.29, 0.717) is 6.42 Å². The van der Waals surface area contributed by atoms with E-state index >= 15 is 0 Å². The van der Waals surface area contributed by atoms with Gasteiger partial charge in [-0.15, -0.1) is 0 Å². The molecule has 1 saturated heterocycles. The van der Waals surface area contributed by atoms with E-state index in [4.69, 9.17) is 4.74 Å². The first-order valence-electron chi connectivity index (χ1n) is 8.77. The van der Waals surface area contributed by atoms with Crippen molar-refractivity contribution in [1.82, 2.24) is 4.90 Å². The first kappa shape index (κ1) is 17.6. The minimum absolute atomic E-state index is 0.140. The van der Waals surface area contributed by atoms with Gasteiger partial charge < -0.3 is 9.64 Å². The third kappa shape index (κ3) is 2.96. The van der Waals surface area contributed by atoms with Crippen LogP contribution >= 0.6 is 0 Å². The highest BCUT2D eigenvalue weighted by atomic mass is 16.6. The summed E-state index contributed by atoms with van der Waals surface area (Å²) in [6, 6.07) is 9.47. The summed E-state index contributed by atoms with van der Waals surface area (Å²) in [4.78, 5) is 40.0. The van der Waals surface area contributed by atoms with Gasteiger partial charge in [-0.25, -0.2) is 0 Å². The van der Waals surface area contributed by atoms with Gasteiger partial charge in [0.25, 0.3) is 0 Å². The van der Waals surface area contributed by atoms with Crippen LogP contribution in [0, 0.1) is 11.3 Å². The molecule has 0 aromatic heterocycles. The first-order chi connectivity index (χ1) is 11.7. The van der Waals surface area contributed by atoms with Crippen LogP contribution in [-0.2, 0) is 19.1 Å². The van der Waals surface area contributed by atoms with Gasteiger partial charge in [0, 0.05) is 13.0 Å². The van der Waals surface area contributed by atoms with Crippen LogP contribution in [0.15, 0.2) is 30.3 Å². The number of carbonyl (C=O) groups excluding carboxylic acids is 3. The standard InChI is InChI=1S/C20H25NO4/c1-13(14-8-6-5-7-9-14)21-12-20(18(24)25-19(2,3)4)11-10-15(22)16(20)17(21)23/h5-9,13,16H,10-12H2,1-4H3/t13-,16?,20-/m1/s1. The van der Waals surface area contributed by atoms with Crippen LogP contribution < -0.4 is 0 Å². The van der Waals surface area contributed by atoms with Crippen LogP contribution in [0.1, 0.15) is 52.1 Å². The Morgan fingerprint density at radius 2 is 1.88 bits per heavy atom. The number of benzene rings is 1. The molecule has 1 amide bonds. The lowest BCUT2D eigenvalue weighted by Crippen LogP contribution is -2.42. The summed E-state index contributed by atoms with van der Waals surface area (Å²) in [5.74, 6) is -1.70. The largest absolute Gasteiger partial charge is 0.459 e. The van der Waals surface area contributed by atoms with Crippen molar-refractivity contribution in [3.63, 3.8) is 0 Å². The SMILES string of the molecule is C[C@H](c1ccccc1)N1C[C@]2(C(=O)OC(C)(C)C)CCC(=O)C2C1=O. The molecule has 2 fully saturated rings. The number of amides is 1. The van der Waals surface area contributed by atoms with Crippen molar-refractivity contribution in [2.24, 2.45) is 11.3 Å². The fraction of sp³-hybridized carbons (Fsp3) is 0.550. The van der Waals surface area contributed by atoms with Crippen molar-refractivity contribution < 1.29 is 19.1 Å². The van der Waals surface area contributed by atoms with E-state index < -0.39 is 22.9 Å². The summed E-state index contributed by atoms with van der Waals surface area (Å²) in [5.41, 5.74) is -0.698. The Labute approximate surface area is 148 Å². The Morgan fingerprint density at radius 1 is 1.24 bits per heavy atom. The van der Waals surface area contributed by atoms with Gasteiger partial charge in [-0.2, -0.15) is 0 Å². The fourth-order valence-electron chi connectivity index (χ4n) is 3.94. The molecule has 2 aliphatic rings. The minimum Gasteiger partial charge on any atom is -0.459 e. The molecule has 0 spiro atoms. The zero-order valence-electron chi connectivity index (χ0n) is 15.2. The average molecular weight is 343 g/mol. The van der Waals surface area contributed by atoms with Crippen molar-refractivity contribution in [2.75, 3.05) is 6.54 Å². The van der Waals surface area contributed by atoms with Crippen LogP contribution in [0.2, 0.25) is 0 Å². The topological polar surface area (TPSA) is 63.7 Å². The third-order valence-electron chi connectivity index (χ3n) is 5.23. The van der Waals surface area contributed by atoms with Gasteiger partial charge in [0.15, 0.2) is 0 Å². The molecule has 1 aromatic carbocycles. The predicted octanol–water partition coefficient (Wildman–Crippen LogP) is 2.90. The van der Waals surface area contributed by atoms with E-state index in [1.807, 2.05) is 37.3 Å². The van der Waals surface area contributed by atoms with Gasteiger partial charge >= 0.3 is 5.97 Å². The van der Waals surface area contributed by atoms with E-state index in [1.54, 1.807) is 25.7 Å². The van der Waals surface area contributed by atoms with Crippen molar-refractivity contribution in [3.8, 4) is 0 Å². The molecule has 3 atom stereocenters. The maximum Gasteiger partial charge on any atom is 0.315 e. The molecule has 0 N–H and O–H groups in total. The van der Waals surface area contributed by atoms with E-state index in [0.717, 1.165) is 5.56 Å². The molecule has 134 valence electrons. The number of ether oxygens (including phenoxy) is 1. The van der Waals surface area contributed by atoms with Gasteiger partial charge in [0.2, 0.25) is 5.91 Å². The second kappa shape index (κ2) is 5.97. The average Bonchev–Trinajstić information content (AvgIpc) is 3.03. The summed E-state index contributed by atoms with van der Waals surface area (Å²) >= 11 is 0. The lowest BCUT2D eigenvalue weighted by atomic mass is 9.80. The zero-order chi connectivity index (χ0) is 18.4. The normalized spacial score (nSPS) is 27.4. The third-order valence-corrected chi connectivity index (χ3v) is 5.23. The Morgan fingerprint density at radius 3 is 2.48 bits per heavy atom. The molecular formula is C20H25NO4. The maximum absolute atomic E-state index is 13.0.